The van der Waals surface area contributed by atoms with Crippen LogP contribution in [0.25, 0.3) is 0 Å². The molecule has 38 valence electrons. The maximum Gasteiger partial charge on any atom is 0.233 e. The minimum absolute atomic E-state index is 0.581. The number of aromatic nitrogens is 4. The van der Waals surface area contributed by atoms with Crippen LogP contribution in [0.5, 0.6) is 0 Å². The monoisotopic (exact) mass is 211 g/mol. The Hall–Kier alpha value is -0.400. The van der Waals surface area contributed by atoms with Crippen molar-refractivity contribution in [2.45, 2.75) is 0 Å². The van der Waals surface area contributed by atoms with Crippen LogP contribution in [-0.2, 0) is 0 Å². The molecular formula is CH2IN5. The Morgan fingerprint density at radius 3 is 2.57 bits per heavy atom. The Morgan fingerprint density at radius 1 is 1.71 bits per heavy atom. The molecule has 0 saturated carbocycles. The normalized spacial score (nSPS) is 9.29. The van der Waals surface area contributed by atoms with Crippen molar-refractivity contribution in [3.05, 3.63) is 3.83 Å². The van der Waals surface area contributed by atoms with Crippen LogP contribution in [0, 0.1) is 3.83 Å². The van der Waals surface area contributed by atoms with Gasteiger partial charge >= 0.3 is 0 Å². The summed E-state index contributed by atoms with van der Waals surface area (Å²) in [7, 11) is 0. The van der Waals surface area contributed by atoms with Crippen LogP contribution in [-0.4, -0.2) is 20.3 Å². The van der Waals surface area contributed by atoms with Gasteiger partial charge in [-0.1, -0.05) is 0 Å². The lowest BCUT2D eigenvalue weighted by Crippen LogP contribution is -2.11. The zero-order valence-corrected chi connectivity index (χ0v) is 5.40. The molecule has 0 fully saturated rings. The van der Waals surface area contributed by atoms with Crippen LogP contribution in [0.3, 0.4) is 0 Å². The van der Waals surface area contributed by atoms with Crippen molar-refractivity contribution in [3.63, 3.8) is 0 Å². The van der Waals surface area contributed by atoms with Crippen LogP contribution < -0.4 is 5.84 Å². The summed E-state index contributed by atoms with van der Waals surface area (Å²) in [5, 5.41) is 10.1. The molecule has 0 amide bonds. The van der Waals surface area contributed by atoms with E-state index < -0.39 is 0 Å². The summed E-state index contributed by atoms with van der Waals surface area (Å²) in [6.07, 6.45) is 0. The van der Waals surface area contributed by atoms with Gasteiger partial charge in [0.05, 0.1) is 0 Å². The molecule has 0 aromatic carbocycles. The lowest BCUT2D eigenvalue weighted by molar-refractivity contribution is 0.748. The van der Waals surface area contributed by atoms with Crippen molar-refractivity contribution >= 4 is 22.6 Å². The summed E-state index contributed by atoms with van der Waals surface area (Å²) in [5.74, 6) is 5.11. The maximum absolute atomic E-state index is 5.11. The second-order valence-corrected chi connectivity index (χ2v) is 1.86. The summed E-state index contributed by atoms with van der Waals surface area (Å²) in [6, 6.07) is 0. The van der Waals surface area contributed by atoms with Gasteiger partial charge in [0.25, 0.3) is 0 Å². The molecule has 0 bridgehead atoms. The number of nitrogens with zero attached hydrogens (tertiary/aromatic N) is 4. The molecule has 0 atom stereocenters. The summed E-state index contributed by atoms with van der Waals surface area (Å²) in [4.78, 5) is 1.10. The molecule has 5 nitrogen and oxygen atoms in total. The summed E-state index contributed by atoms with van der Waals surface area (Å²) in [6.45, 7) is 0. The zero-order valence-electron chi connectivity index (χ0n) is 3.24. The third-order valence-corrected chi connectivity index (χ3v) is 1.16. The first-order chi connectivity index (χ1) is 3.30. The van der Waals surface area contributed by atoms with Crippen LogP contribution in [0.15, 0.2) is 0 Å². The molecule has 1 rings (SSSR count). The van der Waals surface area contributed by atoms with Crippen molar-refractivity contribution < 1.29 is 0 Å². The highest BCUT2D eigenvalue weighted by molar-refractivity contribution is 14.1. The van der Waals surface area contributed by atoms with Gasteiger partial charge in [-0.2, -0.15) is 0 Å². The van der Waals surface area contributed by atoms with Gasteiger partial charge < -0.3 is 5.84 Å². The molecule has 0 aliphatic heterocycles. The first-order valence-electron chi connectivity index (χ1n) is 1.49. The number of tetrazole rings is 1. The van der Waals surface area contributed by atoms with E-state index in [2.05, 4.69) is 15.5 Å². The fourth-order valence-electron chi connectivity index (χ4n) is 0.183. The van der Waals surface area contributed by atoms with Gasteiger partial charge in [0.2, 0.25) is 3.83 Å². The molecule has 0 unspecified atom stereocenters. The highest BCUT2D eigenvalue weighted by Gasteiger charge is 1.91. The van der Waals surface area contributed by atoms with Crippen LogP contribution in [0.4, 0.5) is 0 Å². The molecular weight excluding hydrogens is 209 g/mol. The Balaban J connectivity index is 3.12. The van der Waals surface area contributed by atoms with Gasteiger partial charge in [0.15, 0.2) is 0 Å². The molecule has 1 heterocycles. The third-order valence-electron chi connectivity index (χ3n) is 0.453. The molecule has 6 heteroatoms. The van der Waals surface area contributed by atoms with E-state index in [0.29, 0.717) is 3.83 Å². The van der Waals surface area contributed by atoms with Gasteiger partial charge in [-0.25, -0.2) is 0 Å². The van der Waals surface area contributed by atoms with E-state index in [1.54, 1.807) is 0 Å². The van der Waals surface area contributed by atoms with E-state index in [0.717, 1.165) is 4.79 Å². The van der Waals surface area contributed by atoms with E-state index in [1.165, 1.54) is 0 Å². The third kappa shape index (κ3) is 0.787. The standard InChI is InChI=1S/CH2IN5/c2-1-4-5-6-7(1)3/h3H2. The number of hydrogen-bond donors (Lipinski definition) is 1. The average molecular weight is 211 g/mol. The predicted molar refractivity (Wildman–Crippen MR) is 30.7 cm³/mol. The fourth-order valence-corrected chi connectivity index (χ4v) is 0.376. The molecule has 1 aromatic heterocycles. The number of nitrogen functional groups attached to an aromatic ring is 1. The Morgan fingerprint density at radius 2 is 2.43 bits per heavy atom. The molecule has 2 N–H and O–H groups in total. The van der Waals surface area contributed by atoms with Gasteiger partial charge in [-0.15, -0.1) is 9.89 Å². The van der Waals surface area contributed by atoms with Crippen molar-refractivity contribution in [2.24, 2.45) is 0 Å². The van der Waals surface area contributed by atoms with Crippen molar-refractivity contribution in [3.8, 4) is 0 Å². The molecule has 0 saturated heterocycles. The smallest absolute Gasteiger partial charge is 0.233 e. The van der Waals surface area contributed by atoms with Crippen molar-refractivity contribution in [1.29, 1.82) is 0 Å². The Bertz CT molecular complexity index is 140. The fraction of sp³-hybridized carbons (Fsp3) is 0. The molecule has 1 aromatic rings. The minimum atomic E-state index is 0.581. The number of nitrogens with two attached hydrogens (primary N) is 1. The van der Waals surface area contributed by atoms with E-state index in [4.69, 9.17) is 5.84 Å². The van der Waals surface area contributed by atoms with Gasteiger partial charge in [0, 0.05) is 22.6 Å². The quantitative estimate of drug-likeness (QED) is 0.441. The second kappa shape index (κ2) is 1.60. The molecule has 0 spiro atoms. The summed E-state index contributed by atoms with van der Waals surface area (Å²) >= 11 is 1.92. The van der Waals surface area contributed by atoms with E-state index in [1.807, 2.05) is 22.6 Å². The highest BCUT2D eigenvalue weighted by atomic mass is 127. The average Bonchev–Trinajstić information content (AvgIpc) is 1.91. The first-order valence-corrected chi connectivity index (χ1v) is 2.57. The lowest BCUT2D eigenvalue weighted by Gasteiger charge is -1.80. The van der Waals surface area contributed by atoms with E-state index >= 15 is 0 Å². The second-order valence-electron chi connectivity index (χ2n) is 0.892. The first kappa shape index (κ1) is 4.75. The summed E-state index contributed by atoms with van der Waals surface area (Å²) in [5.41, 5.74) is 0. The van der Waals surface area contributed by atoms with E-state index in [9.17, 15) is 0 Å². The van der Waals surface area contributed by atoms with Crippen LogP contribution in [0.1, 0.15) is 0 Å². The lowest BCUT2D eigenvalue weighted by atomic mass is 11.4. The number of halogens is 1. The SMILES string of the molecule is Nn1nnnc1I. The van der Waals surface area contributed by atoms with Crippen LogP contribution in [0.2, 0.25) is 0 Å². The van der Waals surface area contributed by atoms with E-state index in [-0.39, 0.29) is 0 Å². The Labute approximate surface area is 53.0 Å². The predicted octanol–water partition coefficient (Wildman–Crippen LogP) is -1.01. The summed E-state index contributed by atoms with van der Waals surface area (Å²) < 4.78 is 0.581. The number of rotatable bonds is 0. The molecule has 7 heavy (non-hydrogen) atoms. The highest BCUT2D eigenvalue weighted by Crippen LogP contribution is 1.88. The van der Waals surface area contributed by atoms with Crippen molar-refractivity contribution in [2.75, 3.05) is 5.84 Å². The minimum Gasteiger partial charge on any atom is -0.319 e. The Kier molecular flexibility index (Phi) is 1.09. The zero-order chi connectivity index (χ0) is 5.28. The van der Waals surface area contributed by atoms with Gasteiger partial charge in [-0.05, 0) is 10.4 Å². The van der Waals surface area contributed by atoms with Gasteiger partial charge in [0.1, 0.15) is 0 Å². The maximum atomic E-state index is 5.11. The molecule has 0 aliphatic rings. The molecule has 0 aliphatic carbocycles. The topological polar surface area (TPSA) is 69.6 Å². The largest absolute Gasteiger partial charge is 0.319 e. The number of hydrogen-bond acceptors (Lipinski definition) is 4. The van der Waals surface area contributed by atoms with Crippen molar-refractivity contribution in [1.82, 2.24) is 20.3 Å². The van der Waals surface area contributed by atoms with Gasteiger partial charge in [-0.3, -0.25) is 0 Å². The van der Waals surface area contributed by atoms with Crippen LogP contribution >= 0.6 is 22.6 Å². The molecule has 0 radical (unpaired) electrons.